The van der Waals surface area contributed by atoms with Crippen LogP contribution in [0, 0.1) is 0 Å². The lowest BCUT2D eigenvalue weighted by atomic mass is 10.2. The highest BCUT2D eigenvalue weighted by molar-refractivity contribution is 7.91. The Morgan fingerprint density at radius 1 is 1.09 bits per heavy atom. The Bertz CT molecular complexity index is 1370. The first-order chi connectivity index (χ1) is 15.9. The minimum atomic E-state index is -3.74. The maximum Gasteiger partial charge on any atom is 0.267 e. The number of carbonyl (C=O) groups excluding carboxylic acids is 1. The molecule has 0 aliphatic carbocycles. The van der Waals surface area contributed by atoms with E-state index in [0.29, 0.717) is 18.1 Å². The van der Waals surface area contributed by atoms with Crippen LogP contribution in [-0.4, -0.2) is 30.9 Å². The predicted octanol–water partition coefficient (Wildman–Crippen LogP) is 4.77. The maximum absolute atomic E-state index is 13.0. The van der Waals surface area contributed by atoms with Crippen LogP contribution >= 0.6 is 11.6 Å². The van der Waals surface area contributed by atoms with Gasteiger partial charge in [-0.1, -0.05) is 30.7 Å². The van der Waals surface area contributed by atoms with Gasteiger partial charge in [-0.2, -0.15) is 0 Å². The Morgan fingerprint density at radius 3 is 2.55 bits per heavy atom. The van der Waals surface area contributed by atoms with Crippen LogP contribution in [-0.2, 0) is 16.4 Å². The summed E-state index contributed by atoms with van der Waals surface area (Å²) in [7, 11) is -3.74. The highest BCUT2D eigenvalue weighted by atomic mass is 35.5. The Hall–Kier alpha value is -3.36. The Kier molecular flexibility index (Phi) is 6.67. The normalized spacial score (nSPS) is 11.5. The third-order valence-corrected chi connectivity index (χ3v) is 7.09. The number of H-pyrrole nitrogens is 1. The fraction of sp³-hybridized carbons (Fsp3) is 0.167. The molecule has 9 heteroatoms. The van der Waals surface area contributed by atoms with Crippen LogP contribution in [0.3, 0.4) is 0 Å². The van der Waals surface area contributed by atoms with Gasteiger partial charge in [0.2, 0.25) is 9.84 Å². The average molecular weight is 484 g/mol. The van der Waals surface area contributed by atoms with Gasteiger partial charge in [0.1, 0.15) is 11.4 Å². The molecule has 2 aromatic carbocycles. The number of pyridine rings is 1. The van der Waals surface area contributed by atoms with Gasteiger partial charge in [-0.05, 0) is 54.4 Å². The molecule has 0 bridgehead atoms. The predicted molar refractivity (Wildman–Crippen MR) is 126 cm³/mol. The van der Waals surface area contributed by atoms with E-state index in [1.165, 1.54) is 24.3 Å². The molecule has 0 atom stereocenters. The molecule has 2 N–H and O–H groups in total. The summed E-state index contributed by atoms with van der Waals surface area (Å²) in [5.74, 6) is 0.192. The van der Waals surface area contributed by atoms with Gasteiger partial charge in [-0.3, -0.25) is 9.78 Å². The number of hydrogen-bond donors (Lipinski definition) is 2. The maximum atomic E-state index is 13.0. The molecule has 1 amide bonds. The smallest absolute Gasteiger partial charge is 0.267 e. The van der Waals surface area contributed by atoms with E-state index in [1.54, 1.807) is 42.7 Å². The largest absolute Gasteiger partial charge is 0.492 e. The summed E-state index contributed by atoms with van der Waals surface area (Å²) >= 11 is 6.20. The van der Waals surface area contributed by atoms with E-state index in [-0.39, 0.29) is 27.3 Å². The summed E-state index contributed by atoms with van der Waals surface area (Å²) in [5.41, 5.74) is 2.02. The summed E-state index contributed by atoms with van der Waals surface area (Å²) in [6.07, 6.45) is 4.15. The summed E-state index contributed by atoms with van der Waals surface area (Å²) in [6.45, 7) is 2.73. The van der Waals surface area contributed by atoms with Crippen LogP contribution in [0.4, 0.5) is 0 Å². The molecule has 4 aromatic rings. The van der Waals surface area contributed by atoms with Gasteiger partial charge in [0.15, 0.2) is 0 Å². The number of amides is 1. The van der Waals surface area contributed by atoms with Crippen molar-refractivity contribution in [3.05, 3.63) is 83.3 Å². The summed E-state index contributed by atoms with van der Waals surface area (Å²) in [4.78, 5) is 19.8. The summed E-state index contributed by atoms with van der Waals surface area (Å²) in [5, 5.41) is 3.92. The highest BCUT2D eigenvalue weighted by Gasteiger charge is 2.19. The average Bonchev–Trinajstić information content (AvgIpc) is 3.26. The third kappa shape index (κ3) is 5.02. The molecule has 0 saturated carbocycles. The number of fused-ring (bicyclic) bond motifs is 1. The fourth-order valence-electron chi connectivity index (χ4n) is 3.27. The highest BCUT2D eigenvalue weighted by Crippen LogP contribution is 2.30. The number of aromatic amines is 1. The molecule has 170 valence electrons. The van der Waals surface area contributed by atoms with Crippen LogP contribution in [0.2, 0.25) is 5.02 Å². The number of hydrogen-bond acceptors (Lipinski definition) is 5. The molecule has 0 aliphatic rings. The van der Waals surface area contributed by atoms with Gasteiger partial charge in [0.05, 0.1) is 21.4 Å². The van der Waals surface area contributed by atoms with Crippen molar-refractivity contribution in [2.45, 2.75) is 29.7 Å². The molecule has 7 nitrogen and oxygen atoms in total. The summed E-state index contributed by atoms with van der Waals surface area (Å²) in [6, 6.07) is 14.3. The first kappa shape index (κ1) is 22.8. The van der Waals surface area contributed by atoms with Crippen LogP contribution in [0.25, 0.3) is 10.9 Å². The number of nitrogens with zero attached hydrogens (tertiary/aromatic N) is 1. The molecule has 0 saturated heterocycles. The second-order valence-electron chi connectivity index (χ2n) is 7.42. The first-order valence-electron chi connectivity index (χ1n) is 10.4. The number of carbonyl (C=O) groups is 1. The Balaban J connectivity index is 1.44. The third-order valence-electron chi connectivity index (χ3n) is 5.03. The molecule has 2 aromatic heterocycles. The van der Waals surface area contributed by atoms with E-state index < -0.39 is 9.84 Å². The van der Waals surface area contributed by atoms with E-state index >= 15 is 0 Å². The monoisotopic (exact) mass is 483 g/mol. The molecule has 0 radical (unpaired) electrons. The second kappa shape index (κ2) is 9.64. The van der Waals surface area contributed by atoms with Gasteiger partial charge < -0.3 is 15.0 Å². The van der Waals surface area contributed by atoms with Gasteiger partial charge in [0, 0.05) is 29.8 Å². The number of sulfone groups is 1. The Labute approximate surface area is 196 Å². The molecule has 2 heterocycles. The number of benzene rings is 2. The zero-order valence-corrected chi connectivity index (χ0v) is 19.4. The van der Waals surface area contributed by atoms with Crippen molar-refractivity contribution in [1.82, 2.24) is 15.3 Å². The number of rotatable bonds is 8. The lowest BCUT2D eigenvalue weighted by Gasteiger charge is -2.10. The summed E-state index contributed by atoms with van der Waals surface area (Å²) < 4.78 is 31.5. The van der Waals surface area contributed by atoms with Crippen LogP contribution in [0.15, 0.2) is 76.8 Å². The Morgan fingerprint density at radius 2 is 1.85 bits per heavy atom. The van der Waals surface area contributed by atoms with Gasteiger partial charge in [-0.15, -0.1) is 0 Å². The van der Waals surface area contributed by atoms with Crippen LogP contribution in [0.5, 0.6) is 5.75 Å². The molecular formula is C24H22ClN3O4S. The zero-order valence-electron chi connectivity index (χ0n) is 17.8. The second-order valence-corrected chi connectivity index (χ2v) is 9.77. The molecule has 0 unspecified atom stereocenters. The van der Waals surface area contributed by atoms with Crippen LogP contribution < -0.4 is 10.1 Å². The van der Waals surface area contributed by atoms with Gasteiger partial charge >= 0.3 is 0 Å². The zero-order chi connectivity index (χ0) is 23.4. The SMILES string of the molecule is CCCOc1ccc(S(=O)(=O)c2ccc(CNC(=O)c3cc4cnccc4[nH]3)cc2)cc1Cl. The lowest BCUT2D eigenvalue weighted by molar-refractivity contribution is 0.0946. The van der Waals surface area contributed by atoms with E-state index in [0.717, 1.165) is 22.9 Å². The van der Waals surface area contributed by atoms with E-state index in [2.05, 4.69) is 15.3 Å². The van der Waals surface area contributed by atoms with Crippen LogP contribution in [0.1, 0.15) is 29.4 Å². The van der Waals surface area contributed by atoms with Gasteiger partial charge in [-0.25, -0.2) is 8.42 Å². The van der Waals surface area contributed by atoms with Crippen molar-refractivity contribution >= 4 is 38.2 Å². The quantitative estimate of drug-likeness (QED) is 0.376. The molecule has 0 aliphatic heterocycles. The number of aromatic nitrogens is 2. The van der Waals surface area contributed by atoms with Crippen molar-refractivity contribution in [2.24, 2.45) is 0 Å². The minimum absolute atomic E-state index is 0.0886. The van der Waals surface area contributed by atoms with Gasteiger partial charge in [0.25, 0.3) is 5.91 Å². The topological polar surface area (TPSA) is 101 Å². The molecular weight excluding hydrogens is 462 g/mol. The van der Waals surface area contributed by atoms with Crippen molar-refractivity contribution in [1.29, 1.82) is 0 Å². The molecule has 0 fully saturated rings. The standard InChI is InChI=1S/C24H22ClN3O4S/c1-2-11-32-23-8-7-19(13-20(23)25)33(30,31)18-5-3-16(4-6-18)14-27-24(29)22-12-17-15-26-10-9-21(17)28-22/h3-10,12-13,15,28H,2,11,14H2,1H3,(H,27,29). The molecule has 0 spiro atoms. The van der Waals surface area contributed by atoms with E-state index in [9.17, 15) is 13.2 Å². The lowest BCUT2D eigenvalue weighted by Crippen LogP contribution is -2.23. The molecule has 33 heavy (non-hydrogen) atoms. The van der Waals surface area contributed by atoms with Crippen molar-refractivity contribution in [3.63, 3.8) is 0 Å². The minimum Gasteiger partial charge on any atom is -0.492 e. The number of halogens is 1. The first-order valence-corrected chi connectivity index (χ1v) is 12.2. The number of ether oxygens (including phenoxy) is 1. The van der Waals surface area contributed by atoms with Crippen molar-refractivity contribution in [3.8, 4) is 5.75 Å². The molecule has 4 rings (SSSR count). The number of nitrogens with one attached hydrogen (secondary N) is 2. The fourth-order valence-corrected chi connectivity index (χ4v) is 4.86. The van der Waals surface area contributed by atoms with Crippen molar-refractivity contribution < 1.29 is 17.9 Å². The van der Waals surface area contributed by atoms with Crippen molar-refractivity contribution in [2.75, 3.05) is 6.61 Å². The van der Waals surface area contributed by atoms with E-state index in [1.807, 2.05) is 6.92 Å². The van der Waals surface area contributed by atoms with E-state index in [4.69, 9.17) is 16.3 Å².